The molecule has 0 bridgehead atoms. The van der Waals surface area contributed by atoms with Gasteiger partial charge < -0.3 is 16.9 Å². The zero-order valence-electron chi connectivity index (χ0n) is 11.9. The Balaban J connectivity index is 3.01. The summed E-state index contributed by atoms with van der Waals surface area (Å²) in [6, 6.07) is 1.67. The molecule has 6 nitrogen and oxygen atoms in total. The van der Waals surface area contributed by atoms with Gasteiger partial charge in [0.05, 0.1) is 11.4 Å². The zero-order chi connectivity index (χ0) is 15.8. The average Bonchev–Trinajstić information content (AvgIpc) is 2.42. The lowest BCUT2D eigenvalue weighted by atomic mass is 10.1. The van der Waals surface area contributed by atoms with E-state index in [0.29, 0.717) is 29.1 Å². The molecule has 0 spiro atoms. The summed E-state index contributed by atoms with van der Waals surface area (Å²) < 4.78 is 12.6. The van der Waals surface area contributed by atoms with Crippen molar-refractivity contribution in [3.8, 4) is 0 Å². The van der Waals surface area contributed by atoms with E-state index in [9.17, 15) is 4.39 Å². The summed E-state index contributed by atoms with van der Waals surface area (Å²) in [6.07, 6.45) is 4.60. The van der Waals surface area contributed by atoms with Crippen molar-refractivity contribution in [2.75, 3.05) is 12.8 Å². The van der Waals surface area contributed by atoms with Crippen LogP contribution in [0.2, 0.25) is 0 Å². The van der Waals surface area contributed by atoms with Gasteiger partial charge in [-0.25, -0.2) is 19.8 Å². The van der Waals surface area contributed by atoms with Gasteiger partial charge in [0, 0.05) is 25.4 Å². The summed E-state index contributed by atoms with van der Waals surface area (Å²) in [7, 11) is 1.69. The van der Waals surface area contributed by atoms with Gasteiger partial charge in [-0.05, 0) is 17.7 Å². The molecule has 0 saturated heterocycles. The molecule has 0 amide bonds. The van der Waals surface area contributed by atoms with Crippen molar-refractivity contribution < 1.29 is 4.39 Å². The summed E-state index contributed by atoms with van der Waals surface area (Å²) in [5.74, 6) is -0.404. The van der Waals surface area contributed by atoms with Gasteiger partial charge in [0.2, 0.25) is 5.95 Å². The second-order valence-electron chi connectivity index (χ2n) is 4.19. The van der Waals surface area contributed by atoms with E-state index in [2.05, 4.69) is 34.0 Å². The van der Waals surface area contributed by atoms with Crippen LogP contribution in [0.3, 0.4) is 0 Å². The van der Waals surface area contributed by atoms with Crippen LogP contribution in [-0.4, -0.2) is 17.0 Å². The molecule has 0 aliphatic heterocycles. The van der Waals surface area contributed by atoms with Crippen LogP contribution >= 0.6 is 0 Å². The molecular weight excluding hydrogens is 271 g/mol. The maximum atomic E-state index is 12.6. The highest BCUT2D eigenvalue weighted by Crippen LogP contribution is 2.16. The standard InChI is InChI=1S/C14H19FN6/c1-9(4-5-10(2)15)8-11(16)13(21-18-3)12-6-7-19-14(17)20-12/h4-7,18,21H,1-2,8,16H2,3H3,(H2,17,19,20)/b5-4-,13-11-. The van der Waals surface area contributed by atoms with E-state index in [1.165, 1.54) is 18.3 Å². The molecule has 0 aromatic carbocycles. The molecule has 1 heterocycles. The number of nitrogens with one attached hydrogen (secondary N) is 2. The molecule has 1 aromatic heterocycles. The highest BCUT2D eigenvalue weighted by molar-refractivity contribution is 5.64. The van der Waals surface area contributed by atoms with Crippen LogP contribution in [-0.2, 0) is 0 Å². The van der Waals surface area contributed by atoms with E-state index in [4.69, 9.17) is 11.5 Å². The second-order valence-corrected chi connectivity index (χ2v) is 4.19. The van der Waals surface area contributed by atoms with E-state index >= 15 is 0 Å². The Bertz CT molecular complexity index is 591. The first-order valence-corrected chi connectivity index (χ1v) is 6.14. The number of hydrazine groups is 1. The summed E-state index contributed by atoms with van der Waals surface area (Å²) >= 11 is 0. The van der Waals surface area contributed by atoms with E-state index in [1.807, 2.05) is 0 Å². The van der Waals surface area contributed by atoms with Crippen molar-refractivity contribution in [2.24, 2.45) is 5.73 Å². The Hall–Kier alpha value is -2.67. The maximum Gasteiger partial charge on any atom is 0.220 e. The largest absolute Gasteiger partial charge is 0.400 e. The molecule has 21 heavy (non-hydrogen) atoms. The third-order valence-corrected chi connectivity index (χ3v) is 2.42. The Morgan fingerprint density at radius 1 is 1.43 bits per heavy atom. The molecule has 1 aromatic rings. The minimum atomic E-state index is -0.546. The van der Waals surface area contributed by atoms with Crippen molar-refractivity contribution in [3.63, 3.8) is 0 Å². The van der Waals surface area contributed by atoms with Gasteiger partial charge in [0.25, 0.3) is 0 Å². The molecule has 0 saturated carbocycles. The molecule has 6 N–H and O–H groups in total. The first kappa shape index (κ1) is 16.4. The third kappa shape index (κ3) is 5.45. The Kier molecular flexibility index (Phi) is 6.09. The van der Waals surface area contributed by atoms with Crippen LogP contribution in [0, 0.1) is 0 Å². The molecule has 0 atom stereocenters. The normalized spacial score (nSPS) is 12.1. The first-order chi connectivity index (χ1) is 9.93. The number of hydrogen-bond donors (Lipinski definition) is 4. The summed E-state index contributed by atoms with van der Waals surface area (Å²) in [4.78, 5) is 7.93. The number of hydrogen-bond acceptors (Lipinski definition) is 6. The van der Waals surface area contributed by atoms with Crippen LogP contribution in [0.1, 0.15) is 12.1 Å². The summed E-state index contributed by atoms with van der Waals surface area (Å²) in [5.41, 5.74) is 19.5. The fraction of sp³-hybridized carbons (Fsp3) is 0.143. The lowest BCUT2D eigenvalue weighted by Gasteiger charge is -2.13. The number of halogens is 1. The van der Waals surface area contributed by atoms with Crippen LogP contribution in [0.25, 0.3) is 5.70 Å². The topological polar surface area (TPSA) is 102 Å². The van der Waals surface area contributed by atoms with Crippen LogP contribution < -0.4 is 22.3 Å². The fourth-order valence-corrected chi connectivity index (χ4v) is 1.55. The van der Waals surface area contributed by atoms with Crippen LogP contribution in [0.15, 0.2) is 54.7 Å². The smallest absolute Gasteiger partial charge is 0.220 e. The number of nitrogen functional groups attached to an aromatic ring is 1. The van der Waals surface area contributed by atoms with Crippen molar-refractivity contribution in [3.05, 3.63) is 60.4 Å². The zero-order valence-corrected chi connectivity index (χ0v) is 11.9. The average molecular weight is 290 g/mol. The van der Waals surface area contributed by atoms with Crippen molar-refractivity contribution in [1.29, 1.82) is 0 Å². The molecule has 0 fully saturated rings. The highest BCUT2D eigenvalue weighted by atomic mass is 19.1. The van der Waals surface area contributed by atoms with Crippen LogP contribution in [0.4, 0.5) is 10.3 Å². The van der Waals surface area contributed by atoms with Crippen molar-refractivity contribution in [2.45, 2.75) is 6.42 Å². The quantitative estimate of drug-likeness (QED) is 0.447. The number of allylic oxidation sites excluding steroid dienone is 4. The van der Waals surface area contributed by atoms with Gasteiger partial charge >= 0.3 is 0 Å². The molecule has 0 radical (unpaired) electrons. The Morgan fingerprint density at radius 3 is 2.71 bits per heavy atom. The molecule has 0 aliphatic carbocycles. The van der Waals surface area contributed by atoms with E-state index < -0.39 is 5.83 Å². The number of rotatable bonds is 7. The second kappa shape index (κ2) is 7.81. The van der Waals surface area contributed by atoms with E-state index in [-0.39, 0.29) is 5.95 Å². The van der Waals surface area contributed by atoms with Gasteiger partial charge in [0.1, 0.15) is 5.83 Å². The minimum absolute atomic E-state index is 0.142. The van der Waals surface area contributed by atoms with E-state index in [0.717, 1.165) is 0 Å². The summed E-state index contributed by atoms with van der Waals surface area (Å²) in [5, 5.41) is 0. The lowest BCUT2D eigenvalue weighted by Crippen LogP contribution is -2.29. The van der Waals surface area contributed by atoms with Crippen molar-refractivity contribution >= 4 is 11.6 Å². The Labute approximate surface area is 123 Å². The number of nitrogens with two attached hydrogens (primary N) is 2. The molecule has 0 aliphatic rings. The monoisotopic (exact) mass is 290 g/mol. The predicted octanol–water partition coefficient (Wildman–Crippen LogP) is 1.40. The number of aromatic nitrogens is 2. The molecule has 7 heteroatoms. The van der Waals surface area contributed by atoms with Crippen molar-refractivity contribution in [1.82, 2.24) is 20.8 Å². The molecule has 1 rings (SSSR count). The lowest BCUT2D eigenvalue weighted by molar-refractivity contribution is 0.671. The summed E-state index contributed by atoms with van der Waals surface area (Å²) in [6.45, 7) is 6.94. The maximum absolute atomic E-state index is 12.6. The third-order valence-electron chi connectivity index (χ3n) is 2.42. The molecule has 0 unspecified atom stereocenters. The predicted molar refractivity (Wildman–Crippen MR) is 82.9 cm³/mol. The first-order valence-electron chi connectivity index (χ1n) is 6.14. The SMILES string of the molecule is C=C(F)/C=C\C(=C)C/C(N)=C(/NNC)c1ccnc(N)n1. The van der Waals surface area contributed by atoms with Gasteiger partial charge in [-0.3, -0.25) is 0 Å². The van der Waals surface area contributed by atoms with E-state index in [1.54, 1.807) is 13.1 Å². The number of anilines is 1. The van der Waals surface area contributed by atoms with Gasteiger partial charge in [0.15, 0.2) is 0 Å². The van der Waals surface area contributed by atoms with Gasteiger partial charge in [-0.1, -0.05) is 19.2 Å². The van der Waals surface area contributed by atoms with Gasteiger partial charge in [-0.2, -0.15) is 0 Å². The van der Waals surface area contributed by atoms with Gasteiger partial charge in [-0.15, -0.1) is 0 Å². The van der Waals surface area contributed by atoms with Crippen LogP contribution in [0.5, 0.6) is 0 Å². The minimum Gasteiger partial charge on any atom is -0.400 e. The highest BCUT2D eigenvalue weighted by Gasteiger charge is 2.09. The molecule has 112 valence electrons. The Morgan fingerprint density at radius 2 is 2.14 bits per heavy atom. The fourth-order valence-electron chi connectivity index (χ4n) is 1.55. The number of nitrogens with zero attached hydrogens (tertiary/aromatic N) is 2. The molecular formula is C14H19FN6.